The first-order valence-electron chi connectivity index (χ1n) is 9.88. The second-order valence-corrected chi connectivity index (χ2v) is 6.96. The number of amides is 1. The quantitative estimate of drug-likeness (QED) is 0.285. The number of morpholine rings is 1. The predicted molar refractivity (Wildman–Crippen MR) is 116 cm³/mol. The van der Waals surface area contributed by atoms with Crippen LogP contribution >= 0.6 is 0 Å². The highest BCUT2D eigenvalue weighted by Gasteiger charge is 2.11. The van der Waals surface area contributed by atoms with Crippen LogP contribution in [0.5, 0.6) is 0 Å². The second-order valence-electron chi connectivity index (χ2n) is 6.96. The van der Waals surface area contributed by atoms with Crippen LogP contribution in [0.25, 0.3) is 0 Å². The Morgan fingerprint density at radius 3 is 2.58 bits per heavy atom. The zero-order valence-electron chi connectivity index (χ0n) is 17.4. The molecule has 1 heterocycles. The molecule has 1 aliphatic heterocycles. The number of anilines is 1. The largest absolute Gasteiger partial charge is 0.465 e. The summed E-state index contributed by atoms with van der Waals surface area (Å²) < 4.78 is 10.0. The fourth-order valence-electron chi connectivity index (χ4n) is 3.06. The normalized spacial score (nSPS) is 14.7. The van der Waals surface area contributed by atoms with Crippen molar-refractivity contribution in [3.8, 4) is 0 Å². The van der Waals surface area contributed by atoms with Crippen molar-refractivity contribution < 1.29 is 23.9 Å². The summed E-state index contributed by atoms with van der Waals surface area (Å²) in [5.74, 6) is -0.650. The molecule has 3 rings (SSSR count). The van der Waals surface area contributed by atoms with E-state index in [0.29, 0.717) is 11.3 Å². The Kier molecular flexibility index (Phi) is 7.97. The number of esters is 1. The third-order valence-electron chi connectivity index (χ3n) is 4.68. The van der Waals surface area contributed by atoms with Gasteiger partial charge in [-0.25, -0.2) is 4.79 Å². The van der Waals surface area contributed by atoms with E-state index in [-0.39, 0.29) is 12.4 Å². The van der Waals surface area contributed by atoms with Crippen LogP contribution < -0.4 is 11.1 Å². The highest BCUT2D eigenvalue weighted by Crippen LogP contribution is 2.11. The van der Waals surface area contributed by atoms with Crippen molar-refractivity contribution in [3.05, 3.63) is 65.2 Å². The minimum absolute atomic E-state index is 0.194. The number of benzene rings is 2. The van der Waals surface area contributed by atoms with Gasteiger partial charge in [-0.15, -0.1) is 0 Å². The molecule has 0 atom stereocenters. The van der Waals surface area contributed by atoms with Gasteiger partial charge in [-0.2, -0.15) is 0 Å². The first kappa shape index (κ1) is 22.3. The number of hydrogen-bond acceptors (Lipinski definition) is 7. The maximum atomic E-state index is 12.0. The molecule has 0 unspecified atom stereocenters. The highest BCUT2D eigenvalue weighted by molar-refractivity contribution is 5.97. The molecular formula is C22H26N4O5. The molecule has 0 bridgehead atoms. The van der Waals surface area contributed by atoms with Gasteiger partial charge in [-0.1, -0.05) is 23.4 Å². The number of carbonyl (C=O) groups is 2. The molecule has 0 saturated carbocycles. The SMILES string of the molecule is COC(=O)c1ccc(NC(=O)CO/N=C(/N)c2cccc(CN3CCOCC3)c2)cc1. The van der Waals surface area contributed by atoms with E-state index in [1.165, 1.54) is 7.11 Å². The van der Waals surface area contributed by atoms with Gasteiger partial charge in [0.1, 0.15) is 0 Å². The van der Waals surface area contributed by atoms with E-state index in [4.69, 9.17) is 15.3 Å². The molecule has 3 N–H and O–H groups in total. The lowest BCUT2D eigenvalue weighted by Gasteiger charge is -2.26. The molecule has 1 saturated heterocycles. The zero-order valence-corrected chi connectivity index (χ0v) is 17.4. The van der Waals surface area contributed by atoms with Crippen molar-refractivity contribution in [2.75, 3.05) is 45.3 Å². The van der Waals surface area contributed by atoms with Crippen LogP contribution in [0.3, 0.4) is 0 Å². The molecule has 0 aliphatic carbocycles. The van der Waals surface area contributed by atoms with Gasteiger partial charge in [0.25, 0.3) is 5.91 Å². The van der Waals surface area contributed by atoms with E-state index in [1.807, 2.05) is 24.3 Å². The van der Waals surface area contributed by atoms with Crippen LogP contribution in [0.1, 0.15) is 21.5 Å². The number of oxime groups is 1. The van der Waals surface area contributed by atoms with Gasteiger partial charge >= 0.3 is 5.97 Å². The van der Waals surface area contributed by atoms with Gasteiger partial charge in [0, 0.05) is 30.9 Å². The lowest BCUT2D eigenvalue weighted by Crippen LogP contribution is -2.35. The molecule has 1 fully saturated rings. The molecule has 31 heavy (non-hydrogen) atoms. The van der Waals surface area contributed by atoms with Crippen molar-refractivity contribution in [1.82, 2.24) is 4.90 Å². The maximum Gasteiger partial charge on any atom is 0.337 e. The summed E-state index contributed by atoms with van der Waals surface area (Å²) in [6.07, 6.45) is 0. The monoisotopic (exact) mass is 426 g/mol. The predicted octanol–water partition coefficient (Wildman–Crippen LogP) is 1.58. The summed E-state index contributed by atoms with van der Waals surface area (Å²) in [5.41, 5.74) is 8.77. The van der Waals surface area contributed by atoms with Crippen molar-refractivity contribution in [2.45, 2.75) is 6.54 Å². The summed E-state index contributed by atoms with van der Waals surface area (Å²) in [5, 5.41) is 6.50. The molecule has 9 nitrogen and oxygen atoms in total. The summed E-state index contributed by atoms with van der Waals surface area (Å²) in [7, 11) is 1.31. The van der Waals surface area contributed by atoms with Crippen LogP contribution in [0, 0.1) is 0 Å². The van der Waals surface area contributed by atoms with Crippen molar-refractivity contribution in [3.63, 3.8) is 0 Å². The van der Waals surface area contributed by atoms with Crippen LogP contribution in [-0.4, -0.2) is 62.6 Å². The standard InChI is InChI=1S/C22H26N4O5/c1-29-22(28)17-5-7-19(8-6-17)24-20(27)15-31-25-21(23)18-4-2-3-16(13-18)14-26-9-11-30-12-10-26/h2-8,13H,9-12,14-15H2,1H3,(H2,23,25)(H,24,27). The lowest BCUT2D eigenvalue weighted by atomic mass is 10.1. The van der Waals surface area contributed by atoms with Crippen LogP contribution in [-0.2, 0) is 25.7 Å². The summed E-state index contributed by atoms with van der Waals surface area (Å²) >= 11 is 0. The smallest absolute Gasteiger partial charge is 0.337 e. The zero-order chi connectivity index (χ0) is 22.1. The molecular weight excluding hydrogens is 400 g/mol. The van der Waals surface area contributed by atoms with Crippen LogP contribution in [0.2, 0.25) is 0 Å². The lowest BCUT2D eigenvalue weighted by molar-refractivity contribution is -0.120. The molecule has 0 radical (unpaired) electrons. The van der Waals surface area contributed by atoms with Gasteiger partial charge in [0.15, 0.2) is 12.4 Å². The molecule has 9 heteroatoms. The highest BCUT2D eigenvalue weighted by atomic mass is 16.6. The Morgan fingerprint density at radius 2 is 1.87 bits per heavy atom. The Bertz CT molecular complexity index is 924. The van der Waals surface area contributed by atoms with E-state index in [2.05, 4.69) is 20.1 Å². The molecule has 0 aromatic heterocycles. The average molecular weight is 426 g/mol. The van der Waals surface area contributed by atoms with Crippen LogP contribution in [0.15, 0.2) is 53.7 Å². The van der Waals surface area contributed by atoms with Crippen molar-refractivity contribution >= 4 is 23.4 Å². The van der Waals surface area contributed by atoms with Crippen molar-refractivity contribution in [2.24, 2.45) is 10.9 Å². The van der Waals surface area contributed by atoms with Gasteiger partial charge in [-0.3, -0.25) is 9.69 Å². The van der Waals surface area contributed by atoms with Gasteiger partial charge < -0.3 is 25.4 Å². The molecule has 2 aromatic rings. The van der Waals surface area contributed by atoms with Crippen LogP contribution in [0.4, 0.5) is 5.69 Å². The number of nitrogens with zero attached hydrogens (tertiary/aromatic N) is 2. The van der Waals surface area contributed by atoms with E-state index in [9.17, 15) is 9.59 Å². The first-order valence-corrected chi connectivity index (χ1v) is 9.88. The Morgan fingerprint density at radius 1 is 1.13 bits per heavy atom. The van der Waals surface area contributed by atoms with E-state index >= 15 is 0 Å². The number of methoxy groups -OCH3 is 1. The van der Waals surface area contributed by atoms with Crippen molar-refractivity contribution in [1.29, 1.82) is 0 Å². The number of ether oxygens (including phenoxy) is 2. The molecule has 164 valence electrons. The van der Waals surface area contributed by atoms with Gasteiger partial charge in [-0.05, 0) is 35.9 Å². The number of hydrogen-bond donors (Lipinski definition) is 2. The van der Waals surface area contributed by atoms with E-state index in [0.717, 1.165) is 44.0 Å². The number of rotatable bonds is 8. The topological polar surface area (TPSA) is 115 Å². The molecule has 0 spiro atoms. The maximum absolute atomic E-state index is 12.0. The Hall–Kier alpha value is -3.43. The van der Waals surface area contributed by atoms with Gasteiger partial charge in [0.05, 0.1) is 25.9 Å². The summed E-state index contributed by atoms with van der Waals surface area (Å²) in [4.78, 5) is 30.9. The third kappa shape index (κ3) is 6.80. The minimum Gasteiger partial charge on any atom is -0.465 e. The fraction of sp³-hybridized carbons (Fsp3) is 0.318. The Balaban J connectivity index is 1.49. The number of nitrogens with two attached hydrogens (primary N) is 1. The molecule has 1 amide bonds. The van der Waals surface area contributed by atoms with E-state index in [1.54, 1.807) is 24.3 Å². The Labute approximate surface area is 180 Å². The van der Waals surface area contributed by atoms with Gasteiger partial charge in [0.2, 0.25) is 0 Å². The number of amidine groups is 1. The van der Waals surface area contributed by atoms with E-state index < -0.39 is 11.9 Å². The first-order chi connectivity index (χ1) is 15.0. The average Bonchev–Trinajstić information content (AvgIpc) is 2.80. The second kappa shape index (κ2) is 11.1. The molecule has 1 aliphatic rings. The summed E-state index contributed by atoms with van der Waals surface area (Å²) in [6, 6.07) is 14.1. The number of nitrogens with one attached hydrogen (secondary N) is 1. The number of carbonyl (C=O) groups excluding carboxylic acids is 2. The minimum atomic E-state index is -0.444. The molecule has 2 aromatic carbocycles. The summed E-state index contributed by atoms with van der Waals surface area (Å²) in [6.45, 7) is 3.80. The third-order valence-corrected chi connectivity index (χ3v) is 4.68. The fourth-order valence-corrected chi connectivity index (χ4v) is 3.06.